The summed E-state index contributed by atoms with van der Waals surface area (Å²) in [4.78, 5) is 0.486. The number of H-pyrrole nitrogens is 1. The van der Waals surface area contributed by atoms with Gasteiger partial charge in [0.15, 0.2) is 5.82 Å². The molecule has 0 spiro atoms. The van der Waals surface area contributed by atoms with Crippen LogP contribution in [0.15, 0.2) is 53.7 Å². The molecule has 1 heterocycles. The lowest BCUT2D eigenvalue weighted by atomic mass is 10.1. The SMILES string of the molecule is Cc1ccc(S(=O)Nc2ccc(F)c(C#Cc3cn[nH]c3)c2F)cc1. The summed E-state index contributed by atoms with van der Waals surface area (Å²) in [5.74, 6) is 3.38. The molecule has 0 saturated carbocycles. The quantitative estimate of drug-likeness (QED) is 0.705. The summed E-state index contributed by atoms with van der Waals surface area (Å²) in [6.07, 6.45) is 2.95. The van der Waals surface area contributed by atoms with Gasteiger partial charge in [-0.1, -0.05) is 29.5 Å². The molecular formula is C18H13F2N3OS. The van der Waals surface area contributed by atoms with E-state index >= 15 is 0 Å². The van der Waals surface area contributed by atoms with Crippen LogP contribution in [0.1, 0.15) is 16.7 Å². The number of nitrogens with one attached hydrogen (secondary N) is 2. The topological polar surface area (TPSA) is 57.8 Å². The molecule has 0 saturated heterocycles. The summed E-state index contributed by atoms with van der Waals surface area (Å²) in [5, 5.41) is 6.27. The van der Waals surface area contributed by atoms with Crippen molar-refractivity contribution >= 4 is 16.7 Å². The zero-order chi connectivity index (χ0) is 17.8. The number of halogens is 2. The highest BCUT2D eigenvalue weighted by Crippen LogP contribution is 2.22. The summed E-state index contributed by atoms with van der Waals surface area (Å²) < 4.78 is 43.3. The number of aromatic amines is 1. The third-order valence-electron chi connectivity index (χ3n) is 3.36. The van der Waals surface area contributed by atoms with Gasteiger partial charge in [0, 0.05) is 6.20 Å². The van der Waals surface area contributed by atoms with Crippen LogP contribution in [0, 0.1) is 30.4 Å². The van der Waals surface area contributed by atoms with E-state index in [1.165, 1.54) is 18.5 Å². The highest BCUT2D eigenvalue weighted by molar-refractivity contribution is 7.86. The second-order valence-electron chi connectivity index (χ2n) is 5.20. The molecule has 3 rings (SSSR count). The maximum absolute atomic E-state index is 14.5. The van der Waals surface area contributed by atoms with Crippen molar-refractivity contribution in [2.45, 2.75) is 11.8 Å². The number of nitrogens with zero attached hydrogens (tertiary/aromatic N) is 1. The standard InChI is InChI=1S/C18H13F2N3OS/c1-12-2-5-14(6-3-12)25(24)23-17-9-8-16(19)15(18(17)20)7-4-13-10-21-22-11-13/h2-3,5-6,8-11,23H,1H3,(H,21,22). The third-order valence-corrected chi connectivity index (χ3v) is 4.46. The molecule has 1 aromatic heterocycles. The average molecular weight is 357 g/mol. The molecule has 0 radical (unpaired) electrons. The fraction of sp³-hybridized carbons (Fsp3) is 0.0556. The Hall–Kier alpha value is -2.98. The van der Waals surface area contributed by atoms with Gasteiger partial charge in [-0.2, -0.15) is 5.10 Å². The minimum atomic E-state index is -1.68. The molecular weight excluding hydrogens is 344 g/mol. The van der Waals surface area contributed by atoms with Gasteiger partial charge in [-0.05, 0) is 31.2 Å². The van der Waals surface area contributed by atoms with Crippen molar-refractivity contribution in [2.75, 3.05) is 4.72 Å². The predicted molar refractivity (Wildman–Crippen MR) is 92.1 cm³/mol. The highest BCUT2D eigenvalue weighted by Gasteiger charge is 2.14. The van der Waals surface area contributed by atoms with Gasteiger partial charge in [-0.3, -0.25) is 9.82 Å². The first kappa shape index (κ1) is 16.9. The van der Waals surface area contributed by atoms with Crippen LogP contribution in [0.2, 0.25) is 0 Å². The zero-order valence-corrected chi connectivity index (χ0v) is 14.0. The number of hydrogen-bond donors (Lipinski definition) is 2. The van der Waals surface area contributed by atoms with Crippen molar-refractivity contribution in [1.82, 2.24) is 10.2 Å². The minimum Gasteiger partial charge on any atom is -0.298 e. The number of hydrogen-bond acceptors (Lipinski definition) is 2. The van der Waals surface area contributed by atoms with Gasteiger partial charge in [0.25, 0.3) is 0 Å². The summed E-state index contributed by atoms with van der Waals surface area (Å²) in [6, 6.07) is 9.24. The van der Waals surface area contributed by atoms with Crippen LogP contribution in [0.25, 0.3) is 0 Å². The van der Waals surface area contributed by atoms with Crippen LogP contribution in [0.5, 0.6) is 0 Å². The third kappa shape index (κ3) is 3.92. The number of rotatable bonds is 3. The van der Waals surface area contributed by atoms with E-state index in [1.54, 1.807) is 24.3 Å². The lowest BCUT2D eigenvalue weighted by Crippen LogP contribution is -2.07. The van der Waals surface area contributed by atoms with Crippen molar-refractivity contribution in [3.8, 4) is 11.8 Å². The lowest BCUT2D eigenvalue weighted by Gasteiger charge is -2.09. The summed E-state index contributed by atoms with van der Waals surface area (Å²) in [5.41, 5.74) is 1.04. The monoisotopic (exact) mass is 357 g/mol. The van der Waals surface area contributed by atoms with Crippen LogP contribution < -0.4 is 4.72 Å². The van der Waals surface area contributed by atoms with E-state index < -0.39 is 28.2 Å². The van der Waals surface area contributed by atoms with Crippen molar-refractivity contribution in [1.29, 1.82) is 0 Å². The Morgan fingerprint density at radius 1 is 1.12 bits per heavy atom. The molecule has 0 bridgehead atoms. The molecule has 2 N–H and O–H groups in total. The van der Waals surface area contributed by atoms with Gasteiger partial charge in [-0.25, -0.2) is 13.0 Å². The molecule has 0 fully saturated rings. The highest BCUT2D eigenvalue weighted by atomic mass is 32.2. The molecule has 126 valence electrons. The molecule has 0 aliphatic heterocycles. The van der Waals surface area contributed by atoms with Gasteiger partial charge in [0.2, 0.25) is 0 Å². The van der Waals surface area contributed by atoms with Gasteiger partial charge in [0.1, 0.15) is 16.8 Å². The smallest absolute Gasteiger partial charge is 0.165 e. The Morgan fingerprint density at radius 2 is 1.88 bits per heavy atom. The Balaban J connectivity index is 1.88. The number of aryl methyl sites for hydroxylation is 1. The van der Waals surface area contributed by atoms with Crippen LogP contribution in [-0.2, 0) is 11.0 Å². The fourth-order valence-corrected chi connectivity index (χ4v) is 2.88. The number of anilines is 1. The lowest BCUT2D eigenvalue weighted by molar-refractivity contribution is 0.580. The summed E-state index contributed by atoms with van der Waals surface area (Å²) in [6.45, 7) is 1.91. The maximum atomic E-state index is 14.5. The molecule has 3 aromatic rings. The number of aromatic nitrogens is 2. The Labute approximate surface area is 145 Å². The van der Waals surface area contributed by atoms with Crippen LogP contribution in [0.3, 0.4) is 0 Å². The maximum Gasteiger partial charge on any atom is 0.165 e. The molecule has 0 amide bonds. The first-order chi connectivity index (χ1) is 12.0. The van der Waals surface area contributed by atoms with E-state index in [0.29, 0.717) is 10.5 Å². The fourth-order valence-electron chi connectivity index (χ4n) is 2.02. The van der Waals surface area contributed by atoms with Crippen molar-refractivity contribution in [2.24, 2.45) is 0 Å². The van der Waals surface area contributed by atoms with Crippen LogP contribution in [0.4, 0.5) is 14.5 Å². The first-order valence-electron chi connectivity index (χ1n) is 7.28. The minimum absolute atomic E-state index is 0.0863. The Kier molecular flexibility index (Phi) is 4.91. The number of benzene rings is 2. The molecule has 4 nitrogen and oxygen atoms in total. The zero-order valence-electron chi connectivity index (χ0n) is 13.1. The van der Waals surface area contributed by atoms with Crippen molar-refractivity contribution in [3.05, 3.63) is 77.1 Å². The molecule has 7 heteroatoms. The van der Waals surface area contributed by atoms with E-state index in [9.17, 15) is 13.0 Å². The first-order valence-corrected chi connectivity index (χ1v) is 8.43. The average Bonchev–Trinajstić information content (AvgIpc) is 3.11. The summed E-state index contributed by atoms with van der Waals surface area (Å²) in [7, 11) is -1.68. The molecule has 2 aromatic carbocycles. The molecule has 0 aliphatic rings. The second-order valence-corrected chi connectivity index (χ2v) is 6.42. The van der Waals surface area contributed by atoms with Crippen molar-refractivity contribution in [3.63, 3.8) is 0 Å². The normalized spacial score (nSPS) is 11.5. The van der Waals surface area contributed by atoms with Gasteiger partial charge >= 0.3 is 0 Å². The Morgan fingerprint density at radius 3 is 2.56 bits per heavy atom. The molecule has 0 aliphatic carbocycles. The van der Waals surface area contributed by atoms with E-state index in [1.807, 2.05) is 6.92 Å². The Bertz CT molecular complexity index is 974. The van der Waals surface area contributed by atoms with Crippen LogP contribution >= 0.6 is 0 Å². The molecule has 1 atom stereocenters. The van der Waals surface area contributed by atoms with E-state index in [-0.39, 0.29) is 5.69 Å². The van der Waals surface area contributed by atoms with E-state index in [2.05, 4.69) is 26.8 Å². The van der Waals surface area contributed by atoms with Crippen LogP contribution in [-0.4, -0.2) is 14.4 Å². The predicted octanol–water partition coefficient (Wildman–Crippen LogP) is 3.53. The van der Waals surface area contributed by atoms with Gasteiger partial charge in [0.05, 0.1) is 27.9 Å². The van der Waals surface area contributed by atoms with Gasteiger partial charge < -0.3 is 0 Å². The van der Waals surface area contributed by atoms with Crippen molar-refractivity contribution < 1.29 is 13.0 Å². The molecule has 25 heavy (non-hydrogen) atoms. The van der Waals surface area contributed by atoms with Gasteiger partial charge in [-0.15, -0.1) is 0 Å². The second kappa shape index (κ2) is 7.28. The van der Waals surface area contributed by atoms with E-state index in [4.69, 9.17) is 0 Å². The summed E-state index contributed by atoms with van der Waals surface area (Å²) >= 11 is 0. The largest absolute Gasteiger partial charge is 0.298 e. The van der Waals surface area contributed by atoms with E-state index in [0.717, 1.165) is 11.6 Å². The molecule has 1 unspecified atom stereocenters.